The van der Waals surface area contributed by atoms with Gasteiger partial charge in [-0.3, -0.25) is 4.79 Å². The fourth-order valence-corrected chi connectivity index (χ4v) is 2.98. The first-order chi connectivity index (χ1) is 11.1. The van der Waals surface area contributed by atoms with Crippen molar-refractivity contribution in [2.75, 3.05) is 7.11 Å². The number of rotatable bonds is 3. The van der Waals surface area contributed by atoms with E-state index in [9.17, 15) is 9.59 Å². The van der Waals surface area contributed by atoms with Crippen LogP contribution in [0.5, 0.6) is 0 Å². The molecule has 2 heterocycles. The molecule has 0 saturated carbocycles. The van der Waals surface area contributed by atoms with Crippen LogP contribution in [0.1, 0.15) is 23.9 Å². The highest BCUT2D eigenvalue weighted by atomic mass is 16.5. The van der Waals surface area contributed by atoms with E-state index in [1.807, 2.05) is 22.8 Å². The van der Waals surface area contributed by atoms with Crippen molar-refractivity contribution >= 4 is 11.9 Å². The van der Waals surface area contributed by atoms with Crippen molar-refractivity contribution < 1.29 is 14.3 Å². The smallest absolute Gasteiger partial charge is 0.328 e. The number of hydrogen-bond donors (Lipinski definition) is 0. The monoisotopic (exact) mass is 313 g/mol. The Morgan fingerprint density at radius 1 is 1.30 bits per heavy atom. The van der Waals surface area contributed by atoms with Gasteiger partial charge < -0.3 is 14.2 Å². The van der Waals surface area contributed by atoms with Gasteiger partial charge in [-0.05, 0) is 5.56 Å². The number of carbonyl (C=O) groups is 2. The molecule has 1 amide bonds. The lowest BCUT2D eigenvalue weighted by molar-refractivity contribution is -0.153. The van der Waals surface area contributed by atoms with Gasteiger partial charge in [0.15, 0.2) is 0 Å². The molecule has 1 unspecified atom stereocenters. The van der Waals surface area contributed by atoms with E-state index >= 15 is 0 Å². The van der Waals surface area contributed by atoms with Gasteiger partial charge in [0, 0.05) is 25.6 Å². The lowest BCUT2D eigenvalue weighted by Crippen LogP contribution is -2.48. The van der Waals surface area contributed by atoms with Crippen LogP contribution in [0.3, 0.4) is 0 Å². The summed E-state index contributed by atoms with van der Waals surface area (Å²) in [6.07, 6.45) is 2.20. The van der Waals surface area contributed by atoms with Gasteiger partial charge in [0.2, 0.25) is 5.91 Å². The van der Waals surface area contributed by atoms with E-state index in [4.69, 9.17) is 4.74 Å². The molecule has 0 N–H and O–H groups in total. The number of ether oxygens (including phenoxy) is 1. The van der Waals surface area contributed by atoms with Crippen LogP contribution < -0.4 is 0 Å². The van der Waals surface area contributed by atoms with E-state index in [0.717, 1.165) is 17.0 Å². The Kier molecular flexibility index (Phi) is 4.14. The van der Waals surface area contributed by atoms with E-state index in [0.29, 0.717) is 19.5 Å². The molecule has 120 valence electrons. The van der Waals surface area contributed by atoms with Gasteiger partial charge in [-0.2, -0.15) is 0 Å². The number of carbonyl (C=O) groups excluding carboxylic acids is 2. The van der Waals surface area contributed by atoms with Crippen molar-refractivity contribution in [3.05, 3.63) is 53.6 Å². The van der Waals surface area contributed by atoms with Crippen LogP contribution in [0.25, 0.3) is 0 Å². The molecule has 1 aliphatic heterocycles. The Morgan fingerprint density at radius 3 is 2.70 bits per heavy atom. The lowest BCUT2D eigenvalue weighted by Gasteiger charge is -2.33. The number of aromatic nitrogens is 2. The van der Waals surface area contributed by atoms with Crippen molar-refractivity contribution in [1.29, 1.82) is 0 Å². The van der Waals surface area contributed by atoms with E-state index < -0.39 is 12.0 Å². The second-order valence-corrected chi connectivity index (χ2v) is 5.64. The fraction of sp³-hybridized carbons (Fsp3) is 0.353. The third-order valence-corrected chi connectivity index (χ3v) is 4.19. The lowest BCUT2D eigenvalue weighted by atomic mass is 10.0. The summed E-state index contributed by atoms with van der Waals surface area (Å²) in [5.41, 5.74) is 2.99. The Balaban J connectivity index is 1.90. The molecule has 0 saturated heterocycles. The molecule has 1 aromatic carbocycles. The van der Waals surface area contributed by atoms with Gasteiger partial charge in [0.25, 0.3) is 0 Å². The van der Waals surface area contributed by atoms with Crippen LogP contribution in [0, 0.1) is 0 Å². The summed E-state index contributed by atoms with van der Waals surface area (Å²) in [4.78, 5) is 29.8. The van der Waals surface area contributed by atoms with Gasteiger partial charge in [0.1, 0.15) is 6.04 Å². The van der Waals surface area contributed by atoms with E-state index in [2.05, 4.69) is 17.1 Å². The highest BCUT2D eigenvalue weighted by Gasteiger charge is 2.36. The van der Waals surface area contributed by atoms with E-state index in [1.165, 1.54) is 18.9 Å². The van der Waals surface area contributed by atoms with Crippen molar-refractivity contribution in [3.8, 4) is 0 Å². The van der Waals surface area contributed by atoms with Gasteiger partial charge in [-0.25, -0.2) is 9.78 Å². The molecular formula is C17H19N3O3. The van der Waals surface area contributed by atoms with Crippen LogP contribution in [0.15, 0.2) is 36.7 Å². The van der Waals surface area contributed by atoms with Crippen molar-refractivity contribution in [1.82, 2.24) is 14.5 Å². The number of methoxy groups -OCH3 is 1. The zero-order valence-corrected chi connectivity index (χ0v) is 13.2. The summed E-state index contributed by atoms with van der Waals surface area (Å²) in [5, 5.41) is 0. The molecule has 2 aromatic rings. The molecule has 0 aliphatic carbocycles. The molecule has 0 bridgehead atoms. The molecule has 0 radical (unpaired) electrons. The standard InChI is InChI=1S/C17H19N3O3/c1-12(21)20-10-14-15(8-16(20)17(22)23-2)19(11-18-14)9-13-6-4-3-5-7-13/h3-7,11,16H,8-10H2,1-2H3. The highest BCUT2D eigenvalue weighted by molar-refractivity contribution is 5.84. The molecule has 6 heteroatoms. The molecule has 0 spiro atoms. The van der Waals surface area contributed by atoms with Crippen LogP contribution >= 0.6 is 0 Å². The zero-order chi connectivity index (χ0) is 16.4. The van der Waals surface area contributed by atoms with E-state index in [1.54, 1.807) is 6.33 Å². The van der Waals surface area contributed by atoms with Gasteiger partial charge in [-0.15, -0.1) is 0 Å². The van der Waals surface area contributed by atoms with Crippen LogP contribution in [0.4, 0.5) is 0 Å². The molecule has 6 nitrogen and oxygen atoms in total. The van der Waals surface area contributed by atoms with Gasteiger partial charge >= 0.3 is 5.97 Å². The molecule has 1 atom stereocenters. The van der Waals surface area contributed by atoms with Crippen LogP contribution in [-0.2, 0) is 33.8 Å². The first-order valence-corrected chi connectivity index (χ1v) is 7.52. The molecule has 1 aliphatic rings. The SMILES string of the molecule is COC(=O)C1Cc2c(ncn2Cc2ccccc2)CN1C(C)=O. The second kappa shape index (κ2) is 6.24. The number of fused-ring (bicyclic) bond motifs is 1. The Bertz CT molecular complexity index is 724. The summed E-state index contributed by atoms with van der Waals surface area (Å²) in [6.45, 7) is 2.49. The molecule has 23 heavy (non-hydrogen) atoms. The van der Waals surface area contributed by atoms with Gasteiger partial charge in [-0.1, -0.05) is 30.3 Å². The largest absolute Gasteiger partial charge is 0.467 e. The minimum atomic E-state index is -0.587. The molecular weight excluding hydrogens is 294 g/mol. The first kappa shape index (κ1) is 15.3. The summed E-state index contributed by atoms with van der Waals surface area (Å²) < 4.78 is 6.90. The quantitative estimate of drug-likeness (QED) is 0.803. The Labute approximate surface area is 134 Å². The third-order valence-electron chi connectivity index (χ3n) is 4.19. The summed E-state index contributed by atoms with van der Waals surface area (Å²) in [7, 11) is 1.34. The third kappa shape index (κ3) is 2.97. The average Bonchev–Trinajstić information content (AvgIpc) is 2.96. The minimum absolute atomic E-state index is 0.149. The summed E-state index contributed by atoms with van der Waals surface area (Å²) >= 11 is 0. The molecule has 3 rings (SSSR count). The summed E-state index contributed by atoms with van der Waals surface area (Å²) in [5.74, 6) is -0.540. The van der Waals surface area contributed by atoms with Gasteiger partial charge in [0.05, 0.1) is 25.7 Å². The number of esters is 1. The average molecular weight is 313 g/mol. The number of imidazole rings is 1. The highest BCUT2D eigenvalue weighted by Crippen LogP contribution is 2.24. The Hall–Kier alpha value is -2.63. The molecule has 0 fully saturated rings. The number of benzene rings is 1. The predicted octanol–water partition coefficient (Wildman–Crippen LogP) is 1.38. The van der Waals surface area contributed by atoms with E-state index in [-0.39, 0.29) is 5.91 Å². The second-order valence-electron chi connectivity index (χ2n) is 5.64. The number of nitrogens with zero attached hydrogens (tertiary/aromatic N) is 3. The van der Waals surface area contributed by atoms with Crippen molar-refractivity contribution in [2.24, 2.45) is 0 Å². The fourth-order valence-electron chi connectivity index (χ4n) is 2.98. The zero-order valence-electron chi connectivity index (χ0n) is 13.2. The summed E-state index contributed by atoms with van der Waals surface area (Å²) in [6, 6.07) is 9.48. The number of hydrogen-bond acceptors (Lipinski definition) is 4. The normalized spacial score (nSPS) is 16.8. The maximum absolute atomic E-state index is 12.0. The minimum Gasteiger partial charge on any atom is -0.467 e. The Morgan fingerprint density at radius 2 is 2.04 bits per heavy atom. The maximum Gasteiger partial charge on any atom is 0.328 e. The molecule has 1 aromatic heterocycles. The maximum atomic E-state index is 12.0. The predicted molar refractivity (Wildman–Crippen MR) is 83.5 cm³/mol. The van der Waals surface area contributed by atoms with Crippen LogP contribution in [-0.4, -0.2) is 39.5 Å². The van der Waals surface area contributed by atoms with Crippen LogP contribution in [0.2, 0.25) is 0 Å². The number of amides is 1. The topological polar surface area (TPSA) is 64.4 Å². The van der Waals surface area contributed by atoms with Crippen molar-refractivity contribution in [3.63, 3.8) is 0 Å². The van der Waals surface area contributed by atoms with Crippen molar-refractivity contribution in [2.45, 2.75) is 32.5 Å². The first-order valence-electron chi connectivity index (χ1n) is 7.52.